The highest BCUT2D eigenvalue weighted by atomic mass is 16.5. The molecule has 0 aliphatic carbocycles. The molecule has 1 aromatic carbocycles. The highest BCUT2D eigenvalue weighted by Gasteiger charge is 2.30. The molecule has 8 nitrogen and oxygen atoms in total. The van der Waals surface area contributed by atoms with Crippen molar-refractivity contribution in [3.63, 3.8) is 0 Å². The summed E-state index contributed by atoms with van der Waals surface area (Å²) in [7, 11) is 1.63. The number of benzene rings is 1. The number of aryl methyl sites for hydroxylation is 1. The minimum Gasteiger partial charge on any atom is -0.497 e. The summed E-state index contributed by atoms with van der Waals surface area (Å²) in [5.74, 6) is 0.744. The first-order chi connectivity index (χ1) is 18.0. The molecule has 3 heterocycles. The summed E-state index contributed by atoms with van der Waals surface area (Å²) in [6.45, 7) is 2.98. The van der Waals surface area contributed by atoms with Crippen LogP contribution in [0.4, 0.5) is 0 Å². The van der Waals surface area contributed by atoms with Crippen molar-refractivity contribution in [3.05, 3.63) is 60.3 Å². The van der Waals surface area contributed by atoms with Gasteiger partial charge in [-0.1, -0.05) is 0 Å². The summed E-state index contributed by atoms with van der Waals surface area (Å²) in [4.78, 5) is 26.4. The summed E-state index contributed by atoms with van der Waals surface area (Å²) in [6, 6.07) is 7.61. The number of hydrogen-bond donors (Lipinski definition) is 2. The predicted octanol–water partition coefficient (Wildman–Crippen LogP) is 4.67. The third-order valence-corrected chi connectivity index (χ3v) is 7.66. The molecule has 0 bridgehead atoms. The molecule has 2 N–H and O–H groups in total. The van der Waals surface area contributed by atoms with E-state index >= 15 is 0 Å². The van der Waals surface area contributed by atoms with Crippen LogP contribution in [0.5, 0.6) is 5.75 Å². The zero-order chi connectivity index (χ0) is 26.0. The summed E-state index contributed by atoms with van der Waals surface area (Å²) < 4.78 is 5.37. The van der Waals surface area contributed by atoms with E-state index in [4.69, 9.17) is 4.74 Å². The number of carbonyl (C=O) groups is 1. The number of pyridine rings is 1. The van der Waals surface area contributed by atoms with Gasteiger partial charge in [-0.25, -0.2) is 9.97 Å². The second-order valence-corrected chi connectivity index (χ2v) is 10.1. The number of aliphatic hydroxyl groups is 1. The maximum Gasteiger partial charge on any atom is 0.303 e. The van der Waals surface area contributed by atoms with Crippen molar-refractivity contribution in [3.8, 4) is 5.75 Å². The average molecular weight is 507 g/mol. The minimum atomic E-state index is -0.738. The second kappa shape index (κ2) is 13.4. The number of likely N-dealkylation sites (tertiary alicyclic amines) is 1. The fourth-order valence-corrected chi connectivity index (χ4v) is 5.59. The maximum absolute atomic E-state index is 11.3. The van der Waals surface area contributed by atoms with E-state index in [1.54, 1.807) is 19.6 Å². The number of aliphatic carboxylic acids is 1. The number of aliphatic hydroxyl groups excluding tert-OH is 1. The van der Waals surface area contributed by atoms with E-state index in [2.05, 4.69) is 19.9 Å². The monoisotopic (exact) mass is 506 g/mol. The molecule has 1 saturated heterocycles. The Bertz CT molecular complexity index is 1140. The van der Waals surface area contributed by atoms with Crippen LogP contribution in [0.25, 0.3) is 10.9 Å². The van der Waals surface area contributed by atoms with Crippen LogP contribution >= 0.6 is 0 Å². The van der Waals surface area contributed by atoms with Crippen LogP contribution in [-0.2, 0) is 11.2 Å². The molecule has 1 unspecified atom stereocenters. The quantitative estimate of drug-likeness (QED) is 0.322. The molecule has 37 heavy (non-hydrogen) atoms. The SMILES string of the molecule is COc1ccc2nccc(C(O)CC[C@@H]3CCN(CCCCc4cncnc4)C[C@@H]3CCC(=O)O)c2c1. The van der Waals surface area contributed by atoms with Crippen LogP contribution in [0.1, 0.15) is 62.2 Å². The Morgan fingerprint density at radius 3 is 2.78 bits per heavy atom. The minimum absolute atomic E-state index is 0.195. The molecule has 0 amide bonds. The fraction of sp³-hybridized carbons (Fsp3) is 0.517. The number of aromatic nitrogens is 3. The van der Waals surface area contributed by atoms with Crippen LogP contribution < -0.4 is 4.74 Å². The van der Waals surface area contributed by atoms with Gasteiger partial charge in [-0.15, -0.1) is 0 Å². The van der Waals surface area contributed by atoms with Crippen molar-refractivity contribution in [2.75, 3.05) is 26.7 Å². The molecule has 1 fully saturated rings. The lowest BCUT2D eigenvalue weighted by molar-refractivity contribution is -0.137. The van der Waals surface area contributed by atoms with E-state index in [-0.39, 0.29) is 6.42 Å². The maximum atomic E-state index is 11.3. The number of ether oxygens (including phenoxy) is 1. The number of methoxy groups -OCH3 is 1. The highest BCUT2D eigenvalue weighted by molar-refractivity contribution is 5.83. The smallest absolute Gasteiger partial charge is 0.303 e. The Morgan fingerprint density at radius 1 is 1.16 bits per heavy atom. The van der Waals surface area contributed by atoms with Crippen LogP contribution in [0, 0.1) is 11.8 Å². The van der Waals surface area contributed by atoms with E-state index in [0.717, 1.165) is 74.0 Å². The van der Waals surface area contributed by atoms with Crippen molar-refractivity contribution in [2.45, 2.75) is 57.5 Å². The van der Waals surface area contributed by atoms with Gasteiger partial charge >= 0.3 is 5.97 Å². The third-order valence-electron chi connectivity index (χ3n) is 7.66. The lowest BCUT2D eigenvalue weighted by Gasteiger charge is -2.39. The molecule has 1 aliphatic rings. The molecule has 0 spiro atoms. The number of unbranched alkanes of at least 4 members (excludes halogenated alkanes) is 1. The molecule has 8 heteroatoms. The van der Waals surface area contributed by atoms with Gasteiger partial charge in [-0.3, -0.25) is 9.78 Å². The molecule has 4 rings (SSSR count). The number of hydrogen-bond acceptors (Lipinski definition) is 7. The molecular weight excluding hydrogens is 468 g/mol. The summed E-state index contributed by atoms with van der Waals surface area (Å²) in [6.07, 6.45) is 13.0. The van der Waals surface area contributed by atoms with Gasteiger partial charge in [0, 0.05) is 36.9 Å². The van der Waals surface area contributed by atoms with Crippen LogP contribution in [-0.4, -0.2) is 62.8 Å². The molecular formula is C29H38N4O4. The summed E-state index contributed by atoms with van der Waals surface area (Å²) in [5.41, 5.74) is 2.87. The van der Waals surface area contributed by atoms with Crippen molar-refractivity contribution < 1.29 is 19.7 Å². The number of fused-ring (bicyclic) bond motifs is 1. The van der Waals surface area contributed by atoms with Crippen molar-refractivity contribution in [1.29, 1.82) is 0 Å². The van der Waals surface area contributed by atoms with Gasteiger partial charge in [0.15, 0.2) is 0 Å². The first-order valence-corrected chi connectivity index (χ1v) is 13.3. The molecule has 3 atom stereocenters. The largest absolute Gasteiger partial charge is 0.497 e. The number of rotatable bonds is 13. The zero-order valence-electron chi connectivity index (χ0n) is 21.6. The lowest BCUT2D eigenvalue weighted by atomic mass is 9.79. The molecule has 198 valence electrons. The van der Waals surface area contributed by atoms with Crippen molar-refractivity contribution >= 4 is 16.9 Å². The molecule has 0 saturated carbocycles. The number of nitrogens with zero attached hydrogens (tertiary/aromatic N) is 4. The Labute approximate surface area is 218 Å². The first-order valence-electron chi connectivity index (χ1n) is 13.3. The van der Waals surface area contributed by atoms with Crippen molar-refractivity contribution in [2.24, 2.45) is 11.8 Å². The van der Waals surface area contributed by atoms with Crippen LogP contribution in [0.3, 0.4) is 0 Å². The Balaban J connectivity index is 1.32. The van der Waals surface area contributed by atoms with Gasteiger partial charge in [-0.2, -0.15) is 0 Å². The Hall–Kier alpha value is -3.10. The third kappa shape index (κ3) is 7.69. The topological polar surface area (TPSA) is 109 Å². The first kappa shape index (κ1) is 26.9. The van der Waals surface area contributed by atoms with E-state index in [9.17, 15) is 15.0 Å². The van der Waals surface area contributed by atoms with E-state index < -0.39 is 12.1 Å². The average Bonchev–Trinajstić information content (AvgIpc) is 2.93. The molecule has 1 aliphatic heterocycles. The predicted molar refractivity (Wildman–Crippen MR) is 142 cm³/mol. The normalized spacial score (nSPS) is 19.1. The number of carboxylic acid groups (broad SMARTS) is 1. The lowest BCUT2D eigenvalue weighted by Crippen LogP contribution is -2.41. The highest BCUT2D eigenvalue weighted by Crippen LogP contribution is 2.35. The standard InChI is InChI=1S/C29H38N4O4/c1-37-24-7-8-27-26(16-24)25(11-13-32-27)28(34)9-5-22-12-15-33(19-23(22)6-10-29(35)36)14-3-2-4-21-17-30-20-31-18-21/h7-8,11,13,16-18,20,22-23,28,34H,2-6,9-10,12,14-15,19H2,1H3,(H,35,36)/t22-,23+,28?/m1/s1. The van der Waals surface area contributed by atoms with E-state index in [1.807, 2.05) is 36.7 Å². The van der Waals surface area contributed by atoms with Crippen LogP contribution in [0.15, 0.2) is 49.2 Å². The summed E-state index contributed by atoms with van der Waals surface area (Å²) >= 11 is 0. The summed E-state index contributed by atoms with van der Waals surface area (Å²) in [5, 5.41) is 21.3. The second-order valence-electron chi connectivity index (χ2n) is 10.1. The van der Waals surface area contributed by atoms with Crippen molar-refractivity contribution in [1.82, 2.24) is 19.9 Å². The molecule has 0 radical (unpaired) electrons. The fourth-order valence-electron chi connectivity index (χ4n) is 5.59. The molecule has 3 aromatic rings. The Morgan fingerprint density at radius 2 is 2.00 bits per heavy atom. The Kier molecular flexibility index (Phi) is 9.79. The zero-order valence-corrected chi connectivity index (χ0v) is 21.6. The van der Waals surface area contributed by atoms with Crippen LogP contribution in [0.2, 0.25) is 0 Å². The number of piperidine rings is 1. The van der Waals surface area contributed by atoms with Gasteiger partial charge in [0.1, 0.15) is 12.1 Å². The number of carboxylic acids is 1. The van der Waals surface area contributed by atoms with E-state index in [0.29, 0.717) is 24.7 Å². The van der Waals surface area contributed by atoms with Gasteiger partial charge in [-0.05, 0) is 105 Å². The molecule has 2 aromatic heterocycles. The van der Waals surface area contributed by atoms with Gasteiger partial charge < -0.3 is 19.8 Å². The van der Waals surface area contributed by atoms with Gasteiger partial charge in [0.2, 0.25) is 0 Å². The van der Waals surface area contributed by atoms with E-state index in [1.165, 1.54) is 5.56 Å². The van der Waals surface area contributed by atoms with Gasteiger partial charge in [0.05, 0.1) is 18.7 Å². The van der Waals surface area contributed by atoms with Gasteiger partial charge in [0.25, 0.3) is 0 Å².